The summed E-state index contributed by atoms with van der Waals surface area (Å²) >= 11 is 0. The number of carbonyl (C=O) groups is 1. The van der Waals surface area contributed by atoms with Gasteiger partial charge in [0.15, 0.2) is 11.5 Å². The van der Waals surface area contributed by atoms with Crippen molar-refractivity contribution in [3.05, 3.63) is 72.1 Å². The van der Waals surface area contributed by atoms with Crippen molar-refractivity contribution in [1.29, 1.82) is 0 Å². The molecule has 2 aromatic carbocycles. The lowest BCUT2D eigenvalue weighted by Crippen LogP contribution is -2.52. The van der Waals surface area contributed by atoms with Crippen molar-refractivity contribution >= 4 is 5.91 Å². The highest BCUT2D eigenvalue weighted by atomic mass is 19.1. The van der Waals surface area contributed by atoms with Crippen molar-refractivity contribution in [3.63, 3.8) is 0 Å². The molecular formula is C28H34F2N4O6. The van der Waals surface area contributed by atoms with Crippen molar-refractivity contribution in [2.75, 3.05) is 60.2 Å². The van der Waals surface area contributed by atoms with Gasteiger partial charge in [-0.05, 0) is 23.8 Å². The molecule has 1 fully saturated rings. The van der Waals surface area contributed by atoms with Crippen LogP contribution >= 0.6 is 0 Å². The van der Waals surface area contributed by atoms with E-state index in [4.69, 9.17) is 18.9 Å². The molecule has 40 heavy (non-hydrogen) atoms. The number of carbonyl (C=O) groups excluding carboxylic acids is 1. The van der Waals surface area contributed by atoms with Gasteiger partial charge >= 0.3 is 0 Å². The molecular weight excluding hydrogens is 526 g/mol. The minimum atomic E-state index is -1.53. The van der Waals surface area contributed by atoms with Gasteiger partial charge in [0.05, 0.1) is 20.2 Å². The van der Waals surface area contributed by atoms with Crippen LogP contribution in [-0.2, 0) is 22.6 Å². The molecule has 4 rings (SSSR count). The smallest absolute Gasteiger partial charge is 0.248 e. The number of β-amino-alcohol motifs (C(OH)–C–C–N with tert-alkyl or cyclic N) is 1. The van der Waals surface area contributed by atoms with Gasteiger partial charge in [-0.2, -0.15) is 5.10 Å². The van der Waals surface area contributed by atoms with Crippen LogP contribution in [0.5, 0.6) is 17.2 Å². The number of ether oxygens (including phenoxy) is 4. The number of hydrogen-bond acceptors (Lipinski definition) is 8. The molecule has 0 aliphatic carbocycles. The second kappa shape index (κ2) is 13.6. The van der Waals surface area contributed by atoms with E-state index in [9.17, 15) is 18.7 Å². The van der Waals surface area contributed by atoms with E-state index in [0.717, 1.165) is 23.8 Å². The zero-order valence-electron chi connectivity index (χ0n) is 22.6. The van der Waals surface area contributed by atoms with Gasteiger partial charge in [0.1, 0.15) is 42.8 Å². The molecule has 1 saturated heterocycles. The summed E-state index contributed by atoms with van der Waals surface area (Å²) in [6, 6.07) is 10.3. The minimum Gasteiger partial charge on any atom is -0.493 e. The van der Waals surface area contributed by atoms with E-state index < -0.39 is 17.2 Å². The first-order valence-corrected chi connectivity index (χ1v) is 12.8. The number of halogens is 2. The Morgan fingerprint density at radius 1 is 1.05 bits per heavy atom. The largest absolute Gasteiger partial charge is 0.493 e. The van der Waals surface area contributed by atoms with Gasteiger partial charge in [-0.25, -0.2) is 8.78 Å². The second-order valence-corrected chi connectivity index (χ2v) is 9.68. The molecule has 0 spiro atoms. The Bertz CT molecular complexity index is 1240. The zero-order valence-corrected chi connectivity index (χ0v) is 22.6. The van der Waals surface area contributed by atoms with Crippen LogP contribution in [-0.4, -0.2) is 96.4 Å². The van der Waals surface area contributed by atoms with Crippen molar-refractivity contribution in [1.82, 2.24) is 19.6 Å². The Morgan fingerprint density at radius 3 is 2.55 bits per heavy atom. The Balaban J connectivity index is 1.45. The predicted octanol–water partition coefficient (Wildman–Crippen LogP) is 2.35. The van der Waals surface area contributed by atoms with Gasteiger partial charge in [0, 0.05) is 63.9 Å². The molecule has 216 valence electrons. The molecule has 0 bridgehead atoms. The summed E-state index contributed by atoms with van der Waals surface area (Å²) in [6.07, 6.45) is 3.57. The number of amides is 1. The average Bonchev–Trinajstić information content (AvgIpc) is 3.37. The standard InChI is InChI=1S/C28H34F2N4O6/c1-37-17-27(35)33-9-8-32(18-28(36,19-33)20-40-24-14-22(29)13-23(30)15-24)16-21-4-5-25(26(12-21)38-2)39-11-10-34-7-3-6-31-34/h3-7,12-15,36H,8-11,16-20H2,1-2H3/t28-/m0/s1. The van der Waals surface area contributed by atoms with Crippen molar-refractivity contribution in [2.45, 2.75) is 18.7 Å². The molecule has 3 aromatic rings. The van der Waals surface area contributed by atoms with Gasteiger partial charge in [0.25, 0.3) is 0 Å². The summed E-state index contributed by atoms with van der Waals surface area (Å²) in [6.45, 7) is 1.96. The summed E-state index contributed by atoms with van der Waals surface area (Å²) in [7, 11) is 2.99. The fraction of sp³-hybridized carbons (Fsp3) is 0.429. The molecule has 12 heteroatoms. The summed E-state index contributed by atoms with van der Waals surface area (Å²) in [4.78, 5) is 16.1. The van der Waals surface area contributed by atoms with E-state index in [2.05, 4.69) is 5.10 Å². The monoisotopic (exact) mass is 560 g/mol. The van der Waals surface area contributed by atoms with E-state index in [0.29, 0.717) is 44.3 Å². The van der Waals surface area contributed by atoms with Crippen LogP contribution in [0.3, 0.4) is 0 Å². The lowest BCUT2D eigenvalue weighted by molar-refractivity contribution is -0.138. The third-order valence-corrected chi connectivity index (χ3v) is 6.42. The Kier molecular flexibility index (Phi) is 9.91. The second-order valence-electron chi connectivity index (χ2n) is 9.68. The fourth-order valence-electron chi connectivity index (χ4n) is 4.59. The van der Waals surface area contributed by atoms with E-state index >= 15 is 0 Å². The van der Waals surface area contributed by atoms with Gasteiger partial charge in [0.2, 0.25) is 5.91 Å². The van der Waals surface area contributed by atoms with Crippen molar-refractivity contribution in [2.24, 2.45) is 0 Å². The number of aromatic nitrogens is 2. The third-order valence-electron chi connectivity index (χ3n) is 6.42. The molecule has 1 aromatic heterocycles. The molecule has 10 nitrogen and oxygen atoms in total. The first-order chi connectivity index (χ1) is 19.3. The fourth-order valence-corrected chi connectivity index (χ4v) is 4.59. The Labute approximate surface area is 231 Å². The summed E-state index contributed by atoms with van der Waals surface area (Å²) in [5, 5.41) is 15.7. The van der Waals surface area contributed by atoms with Crippen LogP contribution in [0.25, 0.3) is 0 Å². The number of benzene rings is 2. The van der Waals surface area contributed by atoms with Crippen molar-refractivity contribution in [3.8, 4) is 17.2 Å². The van der Waals surface area contributed by atoms with Crippen LogP contribution in [0.2, 0.25) is 0 Å². The lowest BCUT2D eigenvalue weighted by atomic mass is 10.0. The van der Waals surface area contributed by atoms with E-state index in [1.54, 1.807) is 18.0 Å². The quantitative estimate of drug-likeness (QED) is 0.361. The lowest BCUT2D eigenvalue weighted by Gasteiger charge is -2.33. The highest BCUT2D eigenvalue weighted by Crippen LogP contribution is 2.29. The topological polar surface area (TPSA) is 98.5 Å². The van der Waals surface area contributed by atoms with Gasteiger partial charge in [-0.15, -0.1) is 0 Å². The molecule has 1 aliphatic rings. The number of aliphatic hydroxyl groups is 1. The van der Waals surface area contributed by atoms with Crippen LogP contribution in [0.4, 0.5) is 8.78 Å². The summed E-state index contributed by atoms with van der Waals surface area (Å²) in [5.41, 5.74) is -0.620. The first-order valence-electron chi connectivity index (χ1n) is 12.8. The number of nitrogens with zero attached hydrogens (tertiary/aromatic N) is 4. The Morgan fingerprint density at radius 2 is 1.85 bits per heavy atom. The normalized spacial score (nSPS) is 17.9. The third kappa shape index (κ3) is 8.13. The van der Waals surface area contributed by atoms with E-state index in [-0.39, 0.29) is 38.0 Å². The van der Waals surface area contributed by atoms with Gasteiger partial charge in [-0.1, -0.05) is 6.07 Å². The number of rotatable bonds is 12. The van der Waals surface area contributed by atoms with Crippen LogP contribution < -0.4 is 14.2 Å². The predicted molar refractivity (Wildman–Crippen MR) is 141 cm³/mol. The van der Waals surface area contributed by atoms with E-state index in [1.807, 2.05) is 35.4 Å². The van der Waals surface area contributed by atoms with Crippen LogP contribution in [0.1, 0.15) is 5.56 Å². The molecule has 1 aliphatic heterocycles. The van der Waals surface area contributed by atoms with Gasteiger partial charge in [-0.3, -0.25) is 14.4 Å². The number of methoxy groups -OCH3 is 2. The molecule has 1 amide bonds. The minimum absolute atomic E-state index is 0.0319. The zero-order chi connectivity index (χ0) is 28.5. The maximum absolute atomic E-state index is 13.7. The highest BCUT2D eigenvalue weighted by molar-refractivity contribution is 5.77. The SMILES string of the molecule is COCC(=O)N1CCN(Cc2ccc(OCCn3cccn3)c(OC)c2)C[C@@](O)(COc2cc(F)cc(F)c2)C1. The molecule has 2 heterocycles. The van der Waals surface area contributed by atoms with Gasteiger partial charge < -0.3 is 29.0 Å². The van der Waals surface area contributed by atoms with Crippen LogP contribution in [0, 0.1) is 11.6 Å². The maximum Gasteiger partial charge on any atom is 0.248 e. The molecule has 0 unspecified atom stereocenters. The maximum atomic E-state index is 13.7. The molecule has 1 N–H and O–H groups in total. The number of hydrogen-bond donors (Lipinski definition) is 1. The average molecular weight is 561 g/mol. The Hall–Kier alpha value is -3.74. The van der Waals surface area contributed by atoms with Crippen LogP contribution in [0.15, 0.2) is 54.9 Å². The molecule has 1 atom stereocenters. The summed E-state index contributed by atoms with van der Waals surface area (Å²) in [5.74, 6) is -0.746. The first kappa shape index (κ1) is 29.2. The van der Waals surface area contributed by atoms with E-state index in [1.165, 1.54) is 12.0 Å². The summed E-state index contributed by atoms with van der Waals surface area (Å²) < 4.78 is 51.1. The van der Waals surface area contributed by atoms with Crippen molar-refractivity contribution < 1.29 is 37.6 Å². The molecule has 0 radical (unpaired) electrons. The highest BCUT2D eigenvalue weighted by Gasteiger charge is 2.37. The molecule has 0 saturated carbocycles.